The van der Waals surface area contributed by atoms with Crippen molar-refractivity contribution in [1.82, 2.24) is 15.1 Å². The van der Waals surface area contributed by atoms with Crippen molar-refractivity contribution in [3.63, 3.8) is 0 Å². The summed E-state index contributed by atoms with van der Waals surface area (Å²) >= 11 is 0. The van der Waals surface area contributed by atoms with Crippen LogP contribution in [0.5, 0.6) is 0 Å². The second-order valence-corrected chi connectivity index (χ2v) is 7.20. The van der Waals surface area contributed by atoms with E-state index in [1.807, 2.05) is 19.9 Å². The fourth-order valence-electron chi connectivity index (χ4n) is 3.68. The zero-order valence-corrected chi connectivity index (χ0v) is 14.4. The van der Waals surface area contributed by atoms with Gasteiger partial charge in [0.05, 0.1) is 22.8 Å². The van der Waals surface area contributed by atoms with E-state index in [9.17, 15) is 5.11 Å². The third kappa shape index (κ3) is 2.40. The Labute approximate surface area is 145 Å². The molecule has 1 saturated heterocycles. The molecule has 0 radical (unpaired) electrons. The molecule has 25 heavy (non-hydrogen) atoms. The van der Waals surface area contributed by atoms with Crippen LogP contribution in [0.2, 0.25) is 0 Å². The summed E-state index contributed by atoms with van der Waals surface area (Å²) in [6.07, 6.45) is 2.41. The molecule has 1 aromatic carbocycles. The number of aryl methyl sites for hydroxylation is 2. The number of aliphatic hydroxyl groups is 1. The van der Waals surface area contributed by atoms with Crippen LogP contribution in [-0.4, -0.2) is 32.9 Å². The van der Waals surface area contributed by atoms with Crippen LogP contribution in [0.4, 0.5) is 0 Å². The third-order valence-corrected chi connectivity index (χ3v) is 5.33. The van der Waals surface area contributed by atoms with Crippen LogP contribution in [0.15, 0.2) is 16.7 Å². The average Bonchev–Trinajstić information content (AvgIpc) is 3.21. The van der Waals surface area contributed by atoms with Crippen LogP contribution in [-0.2, 0) is 4.74 Å². The van der Waals surface area contributed by atoms with E-state index in [4.69, 9.17) is 14.2 Å². The first-order valence-electron chi connectivity index (χ1n) is 8.88. The first-order valence-corrected chi connectivity index (χ1v) is 8.88. The van der Waals surface area contributed by atoms with Gasteiger partial charge in [0.25, 0.3) is 0 Å². The first-order chi connectivity index (χ1) is 12.1. The Balaban J connectivity index is 1.70. The zero-order valence-electron chi connectivity index (χ0n) is 14.4. The molecule has 1 saturated carbocycles. The average molecular weight is 339 g/mol. The summed E-state index contributed by atoms with van der Waals surface area (Å²) in [6, 6.07) is 4.09. The first kappa shape index (κ1) is 15.1. The van der Waals surface area contributed by atoms with Gasteiger partial charge >= 0.3 is 0 Å². The number of H-pyrrole nitrogens is 1. The number of hydrogen-bond acceptors (Lipinski definition) is 5. The Morgan fingerprint density at radius 1 is 1.24 bits per heavy atom. The highest BCUT2D eigenvalue weighted by Crippen LogP contribution is 2.41. The van der Waals surface area contributed by atoms with E-state index in [2.05, 4.69) is 16.2 Å². The molecular weight excluding hydrogens is 318 g/mol. The Morgan fingerprint density at radius 2 is 2.04 bits per heavy atom. The lowest BCUT2D eigenvalue weighted by molar-refractivity contribution is -0.117. The second kappa shape index (κ2) is 5.41. The standard InChI is InChI=1S/C19H21N3O3/c1-9-16(10(2)25-22-9)12-7-13(18(23)15-5-6-24-15)17-14(8-12)20-19(21-17)11-3-4-11/h7-8,11,15,18,23H,3-6H2,1-2H3,(H,20,21). The van der Waals surface area contributed by atoms with Gasteiger partial charge in [-0.3, -0.25) is 0 Å². The van der Waals surface area contributed by atoms with Gasteiger partial charge in [-0.05, 0) is 50.8 Å². The Morgan fingerprint density at radius 3 is 2.64 bits per heavy atom. The highest BCUT2D eigenvalue weighted by Gasteiger charge is 2.32. The maximum Gasteiger partial charge on any atom is 0.141 e. The Bertz CT molecular complexity index is 931. The van der Waals surface area contributed by atoms with E-state index in [1.165, 1.54) is 12.8 Å². The minimum Gasteiger partial charge on any atom is -0.386 e. The van der Waals surface area contributed by atoms with E-state index in [1.54, 1.807) is 0 Å². The summed E-state index contributed by atoms with van der Waals surface area (Å²) in [4.78, 5) is 8.25. The molecule has 3 heterocycles. The lowest BCUT2D eigenvalue weighted by Gasteiger charge is -2.31. The van der Waals surface area contributed by atoms with Gasteiger partial charge in [0, 0.05) is 23.7 Å². The molecule has 3 aromatic rings. The van der Waals surface area contributed by atoms with E-state index in [0.717, 1.165) is 51.4 Å². The van der Waals surface area contributed by atoms with Gasteiger partial charge in [-0.25, -0.2) is 4.98 Å². The smallest absolute Gasteiger partial charge is 0.141 e. The molecule has 0 bridgehead atoms. The molecule has 2 aliphatic rings. The lowest BCUT2D eigenvalue weighted by atomic mass is 9.94. The number of hydrogen-bond donors (Lipinski definition) is 2. The molecule has 2 N–H and O–H groups in total. The number of nitrogens with one attached hydrogen (secondary N) is 1. The second-order valence-electron chi connectivity index (χ2n) is 7.20. The van der Waals surface area contributed by atoms with Gasteiger partial charge in [-0.1, -0.05) is 5.16 Å². The summed E-state index contributed by atoms with van der Waals surface area (Å²) in [5.74, 6) is 2.33. The molecule has 0 amide bonds. The number of benzene rings is 1. The number of aromatic nitrogens is 3. The quantitative estimate of drug-likeness (QED) is 0.759. The molecule has 6 nitrogen and oxygen atoms in total. The van der Waals surface area contributed by atoms with Crippen LogP contribution >= 0.6 is 0 Å². The number of fused-ring (bicyclic) bond motifs is 1. The Kier molecular flexibility index (Phi) is 3.27. The lowest BCUT2D eigenvalue weighted by Crippen LogP contribution is -2.33. The molecule has 0 spiro atoms. The highest BCUT2D eigenvalue weighted by molar-refractivity contribution is 5.86. The molecule has 2 fully saturated rings. The molecule has 2 atom stereocenters. The number of nitrogens with zero attached hydrogens (tertiary/aromatic N) is 2. The van der Waals surface area contributed by atoms with E-state index in [0.29, 0.717) is 12.5 Å². The molecule has 2 aromatic heterocycles. The van der Waals surface area contributed by atoms with Crippen LogP contribution < -0.4 is 0 Å². The third-order valence-electron chi connectivity index (χ3n) is 5.33. The maximum atomic E-state index is 10.8. The SMILES string of the molecule is Cc1noc(C)c1-c1cc(C(O)C2CCO2)c2nc(C3CC3)[nH]c2c1. The maximum absolute atomic E-state index is 10.8. The zero-order chi connectivity index (χ0) is 17.1. The van der Waals surface area contributed by atoms with Gasteiger partial charge in [-0.2, -0.15) is 0 Å². The predicted octanol–water partition coefficient (Wildman–Crippen LogP) is 3.53. The van der Waals surface area contributed by atoms with E-state index in [-0.39, 0.29) is 6.10 Å². The van der Waals surface area contributed by atoms with E-state index < -0.39 is 6.10 Å². The number of imidazole rings is 1. The molecule has 5 rings (SSSR count). The molecule has 1 aliphatic carbocycles. The monoisotopic (exact) mass is 339 g/mol. The molecular formula is C19H21N3O3. The van der Waals surface area contributed by atoms with Crippen molar-refractivity contribution in [3.05, 3.63) is 35.0 Å². The summed E-state index contributed by atoms with van der Waals surface area (Å²) in [5.41, 5.74) is 5.43. The van der Waals surface area contributed by atoms with Gasteiger partial charge in [0.15, 0.2) is 0 Å². The summed E-state index contributed by atoms with van der Waals surface area (Å²) in [7, 11) is 0. The minimum absolute atomic E-state index is 0.149. The van der Waals surface area contributed by atoms with Gasteiger partial charge in [0.1, 0.15) is 17.7 Å². The highest BCUT2D eigenvalue weighted by atomic mass is 16.5. The molecule has 6 heteroatoms. The van der Waals surface area contributed by atoms with Gasteiger partial charge < -0.3 is 19.4 Å². The minimum atomic E-state index is -0.674. The topological polar surface area (TPSA) is 84.2 Å². The largest absolute Gasteiger partial charge is 0.386 e. The van der Waals surface area contributed by atoms with Gasteiger partial charge in [-0.15, -0.1) is 0 Å². The van der Waals surface area contributed by atoms with Crippen molar-refractivity contribution in [2.24, 2.45) is 0 Å². The number of ether oxygens (including phenoxy) is 1. The molecule has 130 valence electrons. The van der Waals surface area contributed by atoms with Gasteiger partial charge in [0.2, 0.25) is 0 Å². The summed E-state index contributed by atoms with van der Waals surface area (Å²) in [5, 5.41) is 14.9. The van der Waals surface area contributed by atoms with Crippen molar-refractivity contribution >= 4 is 11.0 Å². The normalized spacial score (nSPS) is 21.5. The van der Waals surface area contributed by atoms with Crippen molar-refractivity contribution in [2.45, 2.75) is 51.2 Å². The fraction of sp³-hybridized carbons (Fsp3) is 0.474. The summed E-state index contributed by atoms with van der Waals surface area (Å²) in [6.45, 7) is 4.55. The number of aliphatic hydroxyl groups excluding tert-OH is 1. The van der Waals surface area contributed by atoms with Crippen molar-refractivity contribution in [1.29, 1.82) is 0 Å². The number of rotatable bonds is 4. The van der Waals surface area contributed by atoms with Crippen molar-refractivity contribution in [2.75, 3.05) is 6.61 Å². The molecule has 1 aliphatic heterocycles. The number of aromatic amines is 1. The van der Waals surface area contributed by atoms with Crippen LogP contribution in [0.3, 0.4) is 0 Å². The van der Waals surface area contributed by atoms with Crippen LogP contribution in [0.1, 0.15) is 54.1 Å². The van der Waals surface area contributed by atoms with Crippen molar-refractivity contribution < 1.29 is 14.4 Å². The summed E-state index contributed by atoms with van der Waals surface area (Å²) < 4.78 is 10.9. The predicted molar refractivity (Wildman–Crippen MR) is 92.4 cm³/mol. The van der Waals surface area contributed by atoms with Crippen LogP contribution in [0, 0.1) is 13.8 Å². The Hall–Kier alpha value is -2.18. The van der Waals surface area contributed by atoms with Crippen molar-refractivity contribution in [3.8, 4) is 11.1 Å². The molecule has 2 unspecified atom stereocenters. The van der Waals surface area contributed by atoms with Crippen LogP contribution in [0.25, 0.3) is 22.2 Å². The fourth-order valence-corrected chi connectivity index (χ4v) is 3.68. The van der Waals surface area contributed by atoms with E-state index >= 15 is 0 Å².